The Morgan fingerprint density at radius 3 is 2.31 bits per heavy atom. The van der Waals surface area contributed by atoms with E-state index in [2.05, 4.69) is 6.92 Å². The standard InChI is InChI=1S/C20H21NO5/c1-2-5-14-8-10-15(11-9-14)17(22)12-26-19(23)13-25-18-7-4-3-6-16(18)20(21)24/h3-4,6-11H,2,5,12-13H2,1H3,(H2,21,24). The van der Waals surface area contributed by atoms with Crippen molar-refractivity contribution in [3.8, 4) is 5.75 Å². The van der Waals surface area contributed by atoms with Crippen molar-refractivity contribution in [3.05, 3.63) is 65.2 Å². The van der Waals surface area contributed by atoms with E-state index in [1.807, 2.05) is 12.1 Å². The molecule has 1 amide bonds. The van der Waals surface area contributed by atoms with Crippen molar-refractivity contribution < 1.29 is 23.9 Å². The van der Waals surface area contributed by atoms with Crippen LogP contribution in [0.5, 0.6) is 5.75 Å². The van der Waals surface area contributed by atoms with Gasteiger partial charge in [0.15, 0.2) is 19.0 Å². The van der Waals surface area contributed by atoms with Crippen LogP contribution in [0.2, 0.25) is 0 Å². The summed E-state index contributed by atoms with van der Waals surface area (Å²) in [5.74, 6) is -1.47. The third-order valence-electron chi connectivity index (χ3n) is 3.68. The Balaban J connectivity index is 1.83. The molecule has 2 aromatic carbocycles. The fraction of sp³-hybridized carbons (Fsp3) is 0.250. The molecule has 0 atom stereocenters. The number of nitrogens with two attached hydrogens (primary N) is 1. The number of Topliss-reactive ketones (excluding diaryl/α,β-unsaturated/α-hetero) is 1. The van der Waals surface area contributed by atoms with E-state index in [9.17, 15) is 14.4 Å². The van der Waals surface area contributed by atoms with E-state index >= 15 is 0 Å². The molecule has 2 aromatic rings. The van der Waals surface area contributed by atoms with Gasteiger partial charge in [0.2, 0.25) is 0 Å². The molecule has 0 spiro atoms. The van der Waals surface area contributed by atoms with Crippen LogP contribution in [-0.4, -0.2) is 30.9 Å². The van der Waals surface area contributed by atoms with Crippen molar-refractivity contribution in [3.63, 3.8) is 0 Å². The van der Waals surface area contributed by atoms with E-state index in [1.54, 1.807) is 24.3 Å². The Hall–Kier alpha value is -3.15. The molecule has 0 fully saturated rings. The number of amides is 1. The molecule has 2 N–H and O–H groups in total. The number of para-hydroxylation sites is 1. The van der Waals surface area contributed by atoms with Gasteiger partial charge in [-0.2, -0.15) is 0 Å². The molecular weight excluding hydrogens is 334 g/mol. The highest BCUT2D eigenvalue weighted by molar-refractivity contribution is 5.98. The van der Waals surface area contributed by atoms with Gasteiger partial charge in [-0.15, -0.1) is 0 Å². The number of benzene rings is 2. The number of hydrogen-bond acceptors (Lipinski definition) is 5. The van der Waals surface area contributed by atoms with Gasteiger partial charge in [0.25, 0.3) is 5.91 Å². The zero-order chi connectivity index (χ0) is 18.9. The first-order chi connectivity index (χ1) is 12.5. The third-order valence-corrected chi connectivity index (χ3v) is 3.68. The smallest absolute Gasteiger partial charge is 0.344 e. The minimum Gasteiger partial charge on any atom is -0.481 e. The maximum Gasteiger partial charge on any atom is 0.344 e. The number of primary amides is 1. The second-order valence-corrected chi connectivity index (χ2v) is 5.68. The maximum atomic E-state index is 12.1. The van der Waals surface area contributed by atoms with Crippen LogP contribution in [0.3, 0.4) is 0 Å². The SMILES string of the molecule is CCCc1ccc(C(=O)COC(=O)COc2ccccc2C(N)=O)cc1. The first-order valence-electron chi connectivity index (χ1n) is 8.30. The van der Waals surface area contributed by atoms with Crippen LogP contribution in [-0.2, 0) is 16.0 Å². The summed E-state index contributed by atoms with van der Waals surface area (Å²) >= 11 is 0. The number of carbonyl (C=O) groups is 3. The first kappa shape index (κ1) is 19.2. The van der Waals surface area contributed by atoms with Crippen molar-refractivity contribution >= 4 is 17.7 Å². The van der Waals surface area contributed by atoms with E-state index in [4.69, 9.17) is 15.2 Å². The lowest BCUT2D eigenvalue weighted by Crippen LogP contribution is -2.21. The summed E-state index contributed by atoms with van der Waals surface area (Å²) in [6.07, 6.45) is 1.98. The Bertz CT molecular complexity index is 783. The van der Waals surface area contributed by atoms with Crippen LogP contribution in [0.1, 0.15) is 39.6 Å². The minimum absolute atomic E-state index is 0.170. The summed E-state index contributed by atoms with van der Waals surface area (Å²) in [4.78, 5) is 35.1. The Morgan fingerprint density at radius 2 is 1.65 bits per heavy atom. The fourth-order valence-corrected chi connectivity index (χ4v) is 2.35. The zero-order valence-electron chi connectivity index (χ0n) is 14.6. The molecule has 26 heavy (non-hydrogen) atoms. The van der Waals surface area contributed by atoms with E-state index in [0.717, 1.165) is 18.4 Å². The zero-order valence-corrected chi connectivity index (χ0v) is 14.6. The largest absolute Gasteiger partial charge is 0.481 e. The lowest BCUT2D eigenvalue weighted by molar-refractivity contribution is -0.144. The molecule has 0 unspecified atom stereocenters. The van der Waals surface area contributed by atoms with Crippen LogP contribution in [0, 0.1) is 0 Å². The molecule has 0 aliphatic rings. The summed E-state index contributed by atoms with van der Waals surface area (Å²) in [6.45, 7) is 1.29. The van der Waals surface area contributed by atoms with Crippen molar-refractivity contribution in [1.82, 2.24) is 0 Å². The number of hydrogen-bond donors (Lipinski definition) is 1. The molecule has 0 saturated carbocycles. The van der Waals surface area contributed by atoms with Crippen LogP contribution < -0.4 is 10.5 Å². The highest BCUT2D eigenvalue weighted by atomic mass is 16.6. The predicted molar refractivity (Wildman–Crippen MR) is 96.2 cm³/mol. The molecule has 0 heterocycles. The van der Waals surface area contributed by atoms with Crippen molar-refractivity contribution in [2.45, 2.75) is 19.8 Å². The lowest BCUT2D eigenvalue weighted by Gasteiger charge is -2.09. The number of ether oxygens (including phenoxy) is 2. The third kappa shape index (κ3) is 5.44. The van der Waals surface area contributed by atoms with Crippen LogP contribution >= 0.6 is 0 Å². The summed E-state index contributed by atoms with van der Waals surface area (Å²) in [5, 5.41) is 0. The second-order valence-electron chi connectivity index (χ2n) is 5.68. The van der Waals surface area contributed by atoms with Crippen molar-refractivity contribution in [1.29, 1.82) is 0 Å². The first-order valence-corrected chi connectivity index (χ1v) is 8.30. The summed E-state index contributed by atoms with van der Waals surface area (Å²) in [5.41, 5.74) is 7.04. The molecule has 0 saturated heterocycles. The van der Waals surface area contributed by atoms with Crippen LogP contribution in [0.15, 0.2) is 48.5 Å². The molecule has 0 aliphatic heterocycles. The molecule has 2 rings (SSSR count). The Kier molecular flexibility index (Phi) is 6.91. The van der Waals surface area contributed by atoms with Gasteiger partial charge in [-0.05, 0) is 24.1 Å². The number of aryl methyl sites for hydroxylation is 1. The minimum atomic E-state index is -0.708. The van der Waals surface area contributed by atoms with Gasteiger partial charge in [-0.3, -0.25) is 9.59 Å². The summed E-state index contributed by atoms with van der Waals surface area (Å²) < 4.78 is 10.2. The molecule has 0 radical (unpaired) electrons. The van der Waals surface area contributed by atoms with Gasteiger partial charge < -0.3 is 15.2 Å². The molecule has 0 aromatic heterocycles. The number of rotatable bonds is 9. The van der Waals surface area contributed by atoms with Gasteiger partial charge in [-0.25, -0.2) is 4.79 Å². The molecule has 0 bridgehead atoms. The average molecular weight is 355 g/mol. The van der Waals surface area contributed by atoms with Crippen molar-refractivity contribution in [2.24, 2.45) is 5.73 Å². The van der Waals surface area contributed by atoms with E-state index in [0.29, 0.717) is 5.56 Å². The topological polar surface area (TPSA) is 95.7 Å². The molecule has 0 aliphatic carbocycles. The Labute approximate surface area is 151 Å². The summed E-state index contributed by atoms with van der Waals surface area (Å²) in [7, 11) is 0. The molecule has 6 heteroatoms. The van der Waals surface area contributed by atoms with E-state index < -0.39 is 18.5 Å². The van der Waals surface area contributed by atoms with Gasteiger partial charge in [0.05, 0.1) is 5.56 Å². The van der Waals surface area contributed by atoms with Gasteiger partial charge in [0, 0.05) is 5.56 Å². The quantitative estimate of drug-likeness (QED) is 0.551. The van der Waals surface area contributed by atoms with Crippen LogP contribution in [0.4, 0.5) is 0 Å². The number of esters is 1. The van der Waals surface area contributed by atoms with E-state index in [1.165, 1.54) is 12.1 Å². The fourth-order valence-electron chi connectivity index (χ4n) is 2.35. The number of carbonyl (C=O) groups excluding carboxylic acids is 3. The van der Waals surface area contributed by atoms with Crippen LogP contribution in [0.25, 0.3) is 0 Å². The summed E-state index contributed by atoms with van der Waals surface area (Å²) in [6, 6.07) is 13.5. The predicted octanol–water partition coefficient (Wildman–Crippen LogP) is 2.54. The second kappa shape index (κ2) is 9.36. The number of ketones is 1. The Morgan fingerprint density at radius 1 is 0.962 bits per heavy atom. The monoisotopic (exact) mass is 355 g/mol. The normalized spacial score (nSPS) is 10.2. The molecule has 136 valence electrons. The van der Waals surface area contributed by atoms with Crippen molar-refractivity contribution in [2.75, 3.05) is 13.2 Å². The molecular formula is C20H21NO5. The average Bonchev–Trinajstić information content (AvgIpc) is 2.65. The van der Waals surface area contributed by atoms with Gasteiger partial charge in [0.1, 0.15) is 5.75 Å². The maximum absolute atomic E-state index is 12.1. The lowest BCUT2D eigenvalue weighted by atomic mass is 10.1. The van der Waals surface area contributed by atoms with Gasteiger partial charge >= 0.3 is 5.97 Å². The van der Waals surface area contributed by atoms with E-state index in [-0.39, 0.29) is 23.7 Å². The highest BCUT2D eigenvalue weighted by Gasteiger charge is 2.13. The molecule has 6 nitrogen and oxygen atoms in total. The highest BCUT2D eigenvalue weighted by Crippen LogP contribution is 2.17. The van der Waals surface area contributed by atoms with Gasteiger partial charge in [-0.1, -0.05) is 49.7 Å².